The molecule has 0 saturated carbocycles. The molecule has 2 rings (SSSR count). The number of hydrogen-bond acceptors (Lipinski definition) is 6. The van der Waals surface area contributed by atoms with Gasteiger partial charge in [0, 0.05) is 23.7 Å². The van der Waals surface area contributed by atoms with Gasteiger partial charge in [-0.25, -0.2) is 0 Å². The van der Waals surface area contributed by atoms with Gasteiger partial charge >= 0.3 is 0 Å². The number of carbonyl (C=O) groups excluding carboxylic acids is 1. The van der Waals surface area contributed by atoms with E-state index in [1.807, 2.05) is 0 Å². The standard InChI is InChI=1S/C22H35N5OS2/c1-6-8-14-27-21(19(7-2)26(4)5)24-25-22(27)30-16-20(28)23-13-15-29-18-11-9-17(3)10-12-18/h9-12,19H,6-8,13-16H2,1-5H3,(H,23,28). The van der Waals surface area contributed by atoms with Gasteiger partial charge in [-0.3, -0.25) is 9.69 Å². The monoisotopic (exact) mass is 449 g/mol. The Morgan fingerprint density at radius 1 is 1.17 bits per heavy atom. The molecular weight excluding hydrogens is 414 g/mol. The second-order valence-corrected chi connectivity index (χ2v) is 9.64. The highest BCUT2D eigenvalue weighted by atomic mass is 32.2. The first-order valence-electron chi connectivity index (χ1n) is 10.6. The van der Waals surface area contributed by atoms with Crippen molar-refractivity contribution in [2.24, 2.45) is 0 Å². The van der Waals surface area contributed by atoms with E-state index in [-0.39, 0.29) is 11.9 Å². The topological polar surface area (TPSA) is 63.1 Å². The van der Waals surface area contributed by atoms with Crippen LogP contribution in [-0.4, -0.2) is 57.7 Å². The van der Waals surface area contributed by atoms with Crippen molar-refractivity contribution < 1.29 is 4.79 Å². The maximum Gasteiger partial charge on any atom is 0.230 e. The summed E-state index contributed by atoms with van der Waals surface area (Å²) in [5.41, 5.74) is 1.26. The Morgan fingerprint density at radius 3 is 2.53 bits per heavy atom. The van der Waals surface area contributed by atoms with Crippen LogP contribution in [0.15, 0.2) is 34.3 Å². The third-order valence-electron chi connectivity index (χ3n) is 4.84. The van der Waals surface area contributed by atoms with Crippen molar-refractivity contribution >= 4 is 29.4 Å². The van der Waals surface area contributed by atoms with Crippen molar-refractivity contribution in [2.75, 3.05) is 32.1 Å². The van der Waals surface area contributed by atoms with Crippen LogP contribution in [-0.2, 0) is 11.3 Å². The largest absolute Gasteiger partial charge is 0.355 e. The lowest BCUT2D eigenvalue weighted by Gasteiger charge is -2.23. The molecule has 1 amide bonds. The van der Waals surface area contributed by atoms with Crippen LogP contribution in [0, 0.1) is 6.92 Å². The number of unbranched alkanes of at least 4 members (excludes halogenated alkanes) is 1. The lowest BCUT2D eigenvalue weighted by Crippen LogP contribution is -2.27. The van der Waals surface area contributed by atoms with Crippen LogP contribution < -0.4 is 5.32 Å². The molecule has 8 heteroatoms. The number of aromatic nitrogens is 3. The molecule has 0 fully saturated rings. The van der Waals surface area contributed by atoms with Crippen LogP contribution >= 0.6 is 23.5 Å². The summed E-state index contributed by atoms with van der Waals surface area (Å²) in [7, 11) is 4.14. The molecule has 1 atom stereocenters. The van der Waals surface area contributed by atoms with Crippen molar-refractivity contribution in [1.29, 1.82) is 0 Å². The molecule has 0 bridgehead atoms. The van der Waals surface area contributed by atoms with Gasteiger partial charge in [0.1, 0.15) is 0 Å². The quantitative estimate of drug-likeness (QED) is 0.361. The third kappa shape index (κ3) is 7.63. The fourth-order valence-electron chi connectivity index (χ4n) is 3.13. The highest BCUT2D eigenvalue weighted by molar-refractivity contribution is 7.99. The van der Waals surface area contributed by atoms with E-state index in [2.05, 4.69) is 84.1 Å². The first-order chi connectivity index (χ1) is 14.5. The molecule has 1 heterocycles. The lowest BCUT2D eigenvalue weighted by molar-refractivity contribution is -0.118. The van der Waals surface area contributed by atoms with Gasteiger partial charge in [-0.1, -0.05) is 49.7 Å². The number of rotatable bonds is 13. The van der Waals surface area contributed by atoms with Gasteiger partial charge in [-0.05, 0) is 46.0 Å². The maximum atomic E-state index is 12.3. The van der Waals surface area contributed by atoms with E-state index >= 15 is 0 Å². The lowest BCUT2D eigenvalue weighted by atomic mass is 10.2. The summed E-state index contributed by atoms with van der Waals surface area (Å²) in [6.45, 7) is 7.98. The average Bonchev–Trinajstić information content (AvgIpc) is 3.12. The Morgan fingerprint density at radius 2 is 1.90 bits per heavy atom. The van der Waals surface area contributed by atoms with Crippen LogP contribution in [0.5, 0.6) is 0 Å². The normalized spacial score (nSPS) is 12.3. The summed E-state index contributed by atoms with van der Waals surface area (Å²) in [5.74, 6) is 2.25. The fraction of sp³-hybridized carbons (Fsp3) is 0.591. The van der Waals surface area contributed by atoms with Gasteiger partial charge in [0.15, 0.2) is 11.0 Å². The van der Waals surface area contributed by atoms with Crippen LogP contribution in [0.1, 0.15) is 50.5 Å². The molecule has 2 aromatic rings. The Labute approximate surface area is 189 Å². The molecule has 0 aliphatic rings. The first-order valence-corrected chi connectivity index (χ1v) is 12.6. The fourth-order valence-corrected chi connectivity index (χ4v) is 4.70. The number of nitrogens with zero attached hydrogens (tertiary/aromatic N) is 4. The number of hydrogen-bond donors (Lipinski definition) is 1. The molecule has 166 valence electrons. The minimum Gasteiger partial charge on any atom is -0.355 e. The van der Waals surface area contributed by atoms with E-state index in [9.17, 15) is 4.79 Å². The van der Waals surface area contributed by atoms with Crippen molar-refractivity contribution in [3.05, 3.63) is 35.7 Å². The molecule has 0 aliphatic carbocycles. The first kappa shape index (κ1) is 24.8. The zero-order valence-corrected chi connectivity index (χ0v) is 20.5. The number of thioether (sulfide) groups is 2. The van der Waals surface area contributed by atoms with Gasteiger partial charge < -0.3 is 9.88 Å². The average molecular weight is 450 g/mol. The number of amides is 1. The summed E-state index contributed by atoms with van der Waals surface area (Å²) < 4.78 is 2.20. The van der Waals surface area contributed by atoms with Gasteiger partial charge in [-0.2, -0.15) is 0 Å². The molecule has 1 aromatic carbocycles. The number of aryl methyl sites for hydroxylation is 1. The Kier molecular flexibility index (Phi) is 10.7. The molecule has 30 heavy (non-hydrogen) atoms. The highest BCUT2D eigenvalue weighted by Gasteiger charge is 2.22. The predicted molar refractivity (Wildman–Crippen MR) is 127 cm³/mol. The smallest absolute Gasteiger partial charge is 0.230 e. The number of carbonyl (C=O) groups is 1. The molecule has 1 N–H and O–H groups in total. The molecule has 6 nitrogen and oxygen atoms in total. The summed E-state index contributed by atoms with van der Waals surface area (Å²) >= 11 is 3.23. The minimum absolute atomic E-state index is 0.0377. The molecule has 0 saturated heterocycles. The second kappa shape index (κ2) is 13.0. The summed E-state index contributed by atoms with van der Waals surface area (Å²) in [4.78, 5) is 15.7. The minimum atomic E-state index is 0.0377. The van der Waals surface area contributed by atoms with E-state index in [0.717, 1.165) is 42.5 Å². The van der Waals surface area contributed by atoms with Crippen molar-refractivity contribution in [3.63, 3.8) is 0 Å². The van der Waals surface area contributed by atoms with Crippen LogP contribution in [0.4, 0.5) is 0 Å². The Balaban J connectivity index is 1.85. The van der Waals surface area contributed by atoms with Crippen molar-refractivity contribution in [2.45, 2.75) is 62.7 Å². The van der Waals surface area contributed by atoms with Crippen LogP contribution in [0.2, 0.25) is 0 Å². The molecule has 1 unspecified atom stereocenters. The van der Waals surface area contributed by atoms with E-state index in [1.54, 1.807) is 11.8 Å². The van der Waals surface area contributed by atoms with E-state index in [1.165, 1.54) is 22.2 Å². The van der Waals surface area contributed by atoms with E-state index in [0.29, 0.717) is 12.3 Å². The number of nitrogens with one attached hydrogen (secondary N) is 1. The highest BCUT2D eigenvalue weighted by Crippen LogP contribution is 2.25. The van der Waals surface area contributed by atoms with Crippen molar-refractivity contribution in [3.8, 4) is 0 Å². The Hall–Kier alpha value is -1.51. The SMILES string of the molecule is CCCCn1c(SCC(=O)NCCSc2ccc(C)cc2)nnc1C(CC)N(C)C. The van der Waals surface area contributed by atoms with E-state index in [4.69, 9.17) is 0 Å². The number of benzene rings is 1. The summed E-state index contributed by atoms with van der Waals surface area (Å²) in [5, 5.41) is 12.7. The van der Waals surface area contributed by atoms with Crippen LogP contribution in [0.25, 0.3) is 0 Å². The second-order valence-electron chi connectivity index (χ2n) is 7.53. The molecule has 0 spiro atoms. The van der Waals surface area contributed by atoms with E-state index < -0.39 is 0 Å². The Bertz CT molecular complexity index is 776. The molecular formula is C22H35N5OS2. The van der Waals surface area contributed by atoms with Gasteiger partial charge in [-0.15, -0.1) is 22.0 Å². The summed E-state index contributed by atoms with van der Waals surface area (Å²) in [6, 6.07) is 8.70. The van der Waals surface area contributed by atoms with Gasteiger partial charge in [0.05, 0.1) is 11.8 Å². The predicted octanol–water partition coefficient (Wildman–Crippen LogP) is 4.40. The maximum absolute atomic E-state index is 12.3. The third-order valence-corrected chi connectivity index (χ3v) is 6.82. The molecule has 1 aromatic heterocycles. The van der Waals surface area contributed by atoms with Gasteiger partial charge in [0.2, 0.25) is 5.91 Å². The zero-order valence-electron chi connectivity index (χ0n) is 18.9. The molecule has 0 aliphatic heterocycles. The van der Waals surface area contributed by atoms with Crippen LogP contribution in [0.3, 0.4) is 0 Å². The van der Waals surface area contributed by atoms with Crippen molar-refractivity contribution in [1.82, 2.24) is 25.0 Å². The zero-order chi connectivity index (χ0) is 21.9. The van der Waals surface area contributed by atoms with Gasteiger partial charge in [0.25, 0.3) is 0 Å². The molecule has 0 radical (unpaired) electrons. The summed E-state index contributed by atoms with van der Waals surface area (Å²) in [6.07, 6.45) is 3.16.